The van der Waals surface area contributed by atoms with Crippen molar-refractivity contribution in [2.45, 2.75) is 31.2 Å². The molecular formula is C18H18ClN3OS2. The minimum absolute atomic E-state index is 0.131. The monoisotopic (exact) mass is 391 g/mol. The van der Waals surface area contributed by atoms with Crippen molar-refractivity contribution in [3.05, 3.63) is 63.4 Å². The van der Waals surface area contributed by atoms with Crippen molar-refractivity contribution < 1.29 is 4.79 Å². The summed E-state index contributed by atoms with van der Waals surface area (Å²) >= 11 is 8.82. The van der Waals surface area contributed by atoms with Crippen LogP contribution >= 0.6 is 34.7 Å². The largest absolute Gasteiger partial charge is 0.348 e. The fourth-order valence-corrected chi connectivity index (χ4v) is 4.25. The van der Waals surface area contributed by atoms with E-state index in [4.69, 9.17) is 11.6 Å². The SMILES string of the molecule is Cc1cc(C(=O)CSc2nncs2)c(C)n1CCc1ccc(Cl)cc1. The average Bonchev–Trinajstić information content (AvgIpc) is 3.21. The van der Waals surface area contributed by atoms with E-state index in [1.165, 1.54) is 28.7 Å². The smallest absolute Gasteiger partial charge is 0.174 e. The Bertz CT molecular complexity index is 857. The summed E-state index contributed by atoms with van der Waals surface area (Å²) in [6, 6.07) is 9.89. The highest BCUT2D eigenvalue weighted by Crippen LogP contribution is 2.23. The molecule has 25 heavy (non-hydrogen) atoms. The molecule has 2 heterocycles. The van der Waals surface area contributed by atoms with Gasteiger partial charge in [-0.15, -0.1) is 10.2 Å². The predicted octanol–water partition coefficient (Wildman–Crippen LogP) is 4.83. The van der Waals surface area contributed by atoms with E-state index in [-0.39, 0.29) is 5.78 Å². The minimum atomic E-state index is 0.131. The number of halogens is 1. The van der Waals surface area contributed by atoms with Gasteiger partial charge in [0.2, 0.25) is 0 Å². The molecule has 7 heteroatoms. The first kappa shape index (κ1) is 18.2. The van der Waals surface area contributed by atoms with Crippen LogP contribution in [-0.4, -0.2) is 26.3 Å². The lowest BCUT2D eigenvalue weighted by atomic mass is 10.1. The Morgan fingerprint density at radius 2 is 2.04 bits per heavy atom. The minimum Gasteiger partial charge on any atom is -0.348 e. The molecule has 0 spiro atoms. The van der Waals surface area contributed by atoms with Gasteiger partial charge in [0.1, 0.15) is 5.51 Å². The molecule has 0 amide bonds. The number of benzene rings is 1. The summed E-state index contributed by atoms with van der Waals surface area (Å²) in [6.45, 7) is 4.90. The lowest BCUT2D eigenvalue weighted by molar-refractivity contribution is 0.102. The first-order valence-electron chi connectivity index (χ1n) is 7.88. The predicted molar refractivity (Wildman–Crippen MR) is 104 cm³/mol. The maximum Gasteiger partial charge on any atom is 0.174 e. The molecule has 0 aliphatic carbocycles. The number of aromatic nitrogens is 3. The number of carbonyl (C=O) groups is 1. The van der Waals surface area contributed by atoms with E-state index in [0.717, 1.165) is 39.3 Å². The van der Waals surface area contributed by atoms with Crippen molar-refractivity contribution in [3.8, 4) is 0 Å². The molecule has 0 aliphatic rings. The summed E-state index contributed by atoms with van der Waals surface area (Å²) in [5.74, 6) is 0.516. The summed E-state index contributed by atoms with van der Waals surface area (Å²) in [5.41, 5.74) is 5.84. The quantitative estimate of drug-likeness (QED) is 0.427. The molecule has 0 fully saturated rings. The molecule has 0 aliphatic heterocycles. The van der Waals surface area contributed by atoms with E-state index in [2.05, 4.69) is 14.8 Å². The highest BCUT2D eigenvalue weighted by Gasteiger charge is 2.16. The van der Waals surface area contributed by atoms with Gasteiger partial charge in [-0.25, -0.2) is 0 Å². The molecule has 0 atom stereocenters. The van der Waals surface area contributed by atoms with Gasteiger partial charge in [0.05, 0.1) is 5.75 Å². The molecule has 2 aromatic heterocycles. The van der Waals surface area contributed by atoms with Crippen molar-refractivity contribution in [3.63, 3.8) is 0 Å². The fourth-order valence-electron chi connectivity index (χ4n) is 2.75. The topological polar surface area (TPSA) is 47.8 Å². The zero-order chi connectivity index (χ0) is 17.8. The Labute approximate surface area is 160 Å². The third-order valence-corrected chi connectivity index (χ3v) is 6.19. The van der Waals surface area contributed by atoms with Crippen molar-refractivity contribution in [1.29, 1.82) is 0 Å². The van der Waals surface area contributed by atoms with Crippen LogP contribution in [0.3, 0.4) is 0 Å². The van der Waals surface area contributed by atoms with Gasteiger partial charge in [-0.3, -0.25) is 4.79 Å². The maximum absolute atomic E-state index is 12.5. The number of carbonyl (C=O) groups excluding carboxylic acids is 1. The molecule has 3 rings (SSSR count). The molecular weight excluding hydrogens is 374 g/mol. The van der Waals surface area contributed by atoms with E-state index >= 15 is 0 Å². The van der Waals surface area contributed by atoms with Crippen LogP contribution in [0.2, 0.25) is 5.02 Å². The van der Waals surface area contributed by atoms with Crippen LogP contribution in [0.1, 0.15) is 27.3 Å². The number of rotatable bonds is 7. The van der Waals surface area contributed by atoms with Crippen LogP contribution in [0.5, 0.6) is 0 Å². The zero-order valence-electron chi connectivity index (χ0n) is 14.0. The molecule has 0 unspecified atom stereocenters. The second-order valence-corrected chi connectivity index (χ2v) is 8.22. The number of hydrogen-bond acceptors (Lipinski definition) is 5. The van der Waals surface area contributed by atoms with Gasteiger partial charge in [-0.1, -0.05) is 46.8 Å². The highest BCUT2D eigenvalue weighted by molar-refractivity contribution is 8.01. The second kappa shape index (κ2) is 8.17. The molecule has 0 saturated heterocycles. The lowest BCUT2D eigenvalue weighted by Gasteiger charge is -2.10. The summed E-state index contributed by atoms with van der Waals surface area (Å²) in [5, 5.41) is 8.50. The molecule has 0 N–H and O–H groups in total. The third-order valence-electron chi connectivity index (χ3n) is 4.08. The van der Waals surface area contributed by atoms with Crippen molar-refractivity contribution >= 4 is 40.5 Å². The Morgan fingerprint density at radius 3 is 2.72 bits per heavy atom. The van der Waals surface area contributed by atoms with Gasteiger partial charge in [0, 0.05) is 28.5 Å². The fraction of sp³-hybridized carbons (Fsp3) is 0.278. The molecule has 0 saturated carbocycles. The van der Waals surface area contributed by atoms with E-state index in [9.17, 15) is 4.79 Å². The number of Topliss-reactive ketones (excluding diaryl/α,β-unsaturated/α-hetero) is 1. The average molecular weight is 392 g/mol. The van der Waals surface area contributed by atoms with Crippen molar-refractivity contribution in [2.75, 3.05) is 5.75 Å². The molecule has 4 nitrogen and oxygen atoms in total. The Kier molecular flexibility index (Phi) is 5.93. The van der Waals surface area contributed by atoms with E-state index in [0.29, 0.717) is 5.75 Å². The van der Waals surface area contributed by atoms with Gasteiger partial charge >= 0.3 is 0 Å². The van der Waals surface area contributed by atoms with Gasteiger partial charge in [-0.2, -0.15) is 0 Å². The summed E-state index contributed by atoms with van der Waals surface area (Å²) in [7, 11) is 0. The first-order chi connectivity index (χ1) is 12.0. The maximum atomic E-state index is 12.5. The van der Waals surface area contributed by atoms with E-state index in [1.807, 2.05) is 44.2 Å². The van der Waals surface area contributed by atoms with E-state index in [1.54, 1.807) is 5.51 Å². The molecule has 0 radical (unpaired) electrons. The van der Waals surface area contributed by atoms with Gasteiger partial charge in [0.15, 0.2) is 10.1 Å². The summed E-state index contributed by atoms with van der Waals surface area (Å²) in [4.78, 5) is 12.5. The van der Waals surface area contributed by atoms with E-state index < -0.39 is 0 Å². The van der Waals surface area contributed by atoms with Gasteiger partial charge in [-0.05, 0) is 44.0 Å². The Morgan fingerprint density at radius 1 is 1.28 bits per heavy atom. The number of aryl methyl sites for hydroxylation is 2. The van der Waals surface area contributed by atoms with Crippen LogP contribution in [-0.2, 0) is 13.0 Å². The van der Waals surface area contributed by atoms with Crippen LogP contribution in [0.15, 0.2) is 40.2 Å². The van der Waals surface area contributed by atoms with Crippen molar-refractivity contribution in [2.24, 2.45) is 0 Å². The Hall–Kier alpha value is -1.63. The van der Waals surface area contributed by atoms with Crippen LogP contribution in [0.4, 0.5) is 0 Å². The second-order valence-electron chi connectivity index (χ2n) is 5.73. The number of ketones is 1. The number of nitrogens with zero attached hydrogens (tertiary/aromatic N) is 3. The highest BCUT2D eigenvalue weighted by atomic mass is 35.5. The lowest BCUT2D eigenvalue weighted by Crippen LogP contribution is -2.08. The first-order valence-corrected chi connectivity index (χ1v) is 10.1. The van der Waals surface area contributed by atoms with Crippen LogP contribution in [0.25, 0.3) is 0 Å². The van der Waals surface area contributed by atoms with Crippen LogP contribution in [0, 0.1) is 13.8 Å². The third kappa shape index (κ3) is 4.51. The van der Waals surface area contributed by atoms with Gasteiger partial charge in [0.25, 0.3) is 0 Å². The molecule has 130 valence electrons. The zero-order valence-corrected chi connectivity index (χ0v) is 16.4. The molecule has 3 aromatic rings. The summed E-state index contributed by atoms with van der Waals surface area (Å²) < 4.78 is 3.03. The molecule has 0 bridgehead atoms. The van der Waals surface area contributed by atoms with Crippen molar-refractivity contribution in [1.82, 2.24) is 14.8 Å². The standard InChI is InChI=1S/C18H18ClN3OS2/c1-12-9-16(17(23)10-24-18-21-20-11-25-18)13(2)22(12)8-7-14-3-5-15(19)6-4-14/h3-6,9,11H,7-8,10H2,1-2H3. The summed E-state index contributed by atoms with van der Waals surface area (Å²) in [6.07, 6.45) is 0.903. The van der Waals surface area contributed by atoms with Gasteiger partial charge < -0.3 is 4.57 Å². The molecule has 1 aromatic carbocycles. The normalized spacial score (nSPS) is 11.0. The van der Waals surface area contributed by atoms with Crippen LogP contribution < -0.4 is 0 Å². The number of thioether (sulfide) groups is 1. The Balaban J connectivity index is 1.67. The number of hydrogen-bond donors (Lipinski definition) is 0.